The van der Waals surface area contributed by atoms with Crippen molar-refractivity contribution in [2.75, 3.05) is 6.61 Å². The summed E-state index contributed by atoms with van der Waals surface area (Å²) in [5.41, 5.74) is 1.30. The molecular weight excluding hydrogens is 246 g/mol. The van der Waals surface area contributed by atoms with Gasteiger partial charge in [0.25, 0.3) is 0 Å². The van der Waals surface area contributed by atoms with Crippen LogP contribution < -0.4 is 5.32 Å². The molecule has 0 radical (unpaired) electrons. The molecule has 0 aromatic heterocycles. The highest BCUT2D eigenvalue weighted by atomic mass is 35.5. The first-order chi connectivity index (χ1) is 8.38. The van der Waals surface area contributed by atoms with Gasteiger partial charge in [0.2, 0.25) is 0 Å². The maximum absolute atomic E-state index is 9.46. The first-order valence-corrected chi connectivity index (χ1v) is 6.79. The molecule has 1 aromatic carbocycles. The molecule has 102 valence electrons. The summed E-state index contributed by atoms with van der Waals surface area (Å²) in [6.45, 7) is 0.228. The van der Waals surface area contributed by atoms with Crippen LogP contribution in [0.5, 0.6) is 0 Å². The number of halogens is 1. The monoisotopic (exact) mass is 269 g/mol. The zero-order valence-corrected chi connectivity index (χ0v) is 11.7. The van der Waals surface area contributed by atoms with E-state index >= 15 is 0 Å². The van der Waals surface area contributed by atoms with Gasteiger partial charge in [-0.05, 0) is 24.8 Å². The average molecular weight is 270 g/mol. The van der Waals surface area contributed by atoms with E-state index in [4.69, 9.17) is 0 Å². The van der Waals surface area contributed by atoms with E-state index in [-0.39, 0.29) is 25.1 Å². The first kappa shape index (κ1) is 15.5. The normalized spacial score (nSPS) is 18.1. The van der Waals surface area contributed by atoms with Crippen LogP contribution in [-0.2, 0) is 6.42 Å². The molecule has 0 amide bonds. The number of nitrogens with one attached hydrogen (secondary N) is 1. The lowest BCUT2D eigenvalue weighted by Gasteiger charge is -2.27. The molecule has 0 aliphatic heterocycles. The number of aliphatic hydroxyl groups excluding tert-OH is 1. The molecule has 18 heavy (non-hydrogen) atoms. The van der Waals surface area contributed by atoms with E-state index in [2.05, 4.69) is 29.6 Å². The molecule has 0 unspecified atom stereocenters. The predicted molar refractivity (Wildman–Crippen MR) is 78.3 cm³/mol. The summed E-state index contributed by atoms with van der Waals surface area (Å²) in [4.78, 5) is 0. The van der Waals surface area contributed by atoms with Crippen molar-refractivity contribution in [3.8, 4) is 0 Å². The van der Waals surface area contributed by atoms with Crippen LogP contribution in [0.4, 0.5) is 0 Å². The van der Waals surface area contributed by atoms with Gasteiger partial charge in [0.05, 0.1) is 6.61 Å². The maximum atomic E-state index is 9.46. The zero-order chi connectivity index (χ0) is 11.9. The molecule has 0 spiro atoms. The van der Waals surface area contributed by atoms with Gasteiger partial charge >= 0.3 is 0 Å². The van der Waals surface area contributed by atoms with E-state index in [1.165, 1.54) is 37.7 Å². The van der Waals surface area contributed by atoms with Gasteiger partial charge in [-0.25, -0.2) is 0 Å². The summed E-state index contributed by atoms with van der Waals surface area (Å²) in [5.74, 6) is 0. The van der Waals surface area contributed by atoms with Gasteiger partial charge in [-0.3, -0.25) is 0 Å². The fourth-order valence-electron chi connectivity index (χ4n) is 2.68. The van der Waals surface area contributed by atoms with E-state index in [9.17, 15) is 5.11 Å². The minimum Gasteiger partial charge on any atom is -0.395 e. The van der Waals surface area contributed by atoms with Crippen molar-refractivity contribution in [2.45, 2.75) is 50.6 Å². The van der Waals surface area contributed by atoms with E-state index in [1.807, 2.05) is 6.07 Å². The summed E-state index contributed by atoms with van der Waals surface area (Å²) in [7, 11) is 0. The molecule has 1 fully saturated rings. The van der Waals surface area contributed by atoms with Crippen LogP contribution in [0.25, 0.3) is 0 Å². The van der Waals surface area contributed by atoms with Crippen LogP contribution in [0.2, 0.25) is 0 Å². The SMILES string of the molecule is Cl.OC[C@H](Cc1ccccc1)NC1CCCCC1. The van der Waals surface area contributed by atoms with E-state index in [1.54, 1.807) is 0 Å². The third-order valence-electron chi connectivity index (χ3n) is 3.62. The van der Waals surface area contributed by atoms with Gasteiger partial charge in [-0.2, -0.15) is 0 Å². The Hall–Kier alpha value is -0.570. The Morgan fingerprint density at radius 1 is 1.11 bits per heavy atom. The van der Waals surface area contributed by atoms with Crippen molar-refractivity contribution in [1.82, 2.24) is 5.32 Å². The number of benzene rings is 1. The fourth-order valence-corrected chi connectivity index (χ4v) is 2.68. The highest BCUT2D eigenvalue weighted by molar-refractivity contribution is 5.85. The molecule has 1 saturated carbocycles. The molecule has 1 aromatic rings. The molecule has 2 rings (SSSR count). The zero-order valence-electron chi connectivity index (χ0n) is 10.8. The van der Waals surface area contributed by atoms with E-state index in [0.29, 0.717) is 6.04 Å². The van der Waals surface area contributed by atoms with Crippen molar-refractivity contribution in [2.24, 2.45) is 0 Å². The Labute approximate surface area is 116 Å². The second kappa shape index (κ2) is 8.52. The Bertz CT molecular complexity index is 312. The Kier molecular flexibility index (Phi) is 7.33. The van der Waals surface area contributed by atoms with Gasteiger partial charge in [-0.1, -0.05) is 49.6 Å². The molecule has 3 heteroatoms. The van der Waals surface area contributed by atoms with Crippen LogP contribution >= 0.6 is 12.4 Å². The lowest BCUT2D eigenvalue weighted by Crippen LogP contribution is -2.42. The van der Waals surface area contributed by atoms with E-state index in [0.717, 1.165) is 6.42 Å². The number of rotatable bonds is 5. The summed E-state index contributed by atoms with van der Waals surface area (Å²) in [6, 6.07) is 11.2. The quantitative estimate of drug-likeness (QED) is 0.862. The Morgan fingerprint density at radius 2 is 1.78 bits per heavy atom. The van der Waals surface area contributed by atoms with Crippen molar-refractivity contribution >= 4 is 12.4 Å². The summed E-state index contributed by atoms with van der Waals surface area (Å²) >= 11 is 0. The summed E-state index contributed by atoms with van der Waals surface area (Å²) < 4.78 is 0. The lowest BCUT2D eigenvalue weighted by atomic mass is 9.94. The third kappa shape index (κ3) is 4.97. The van der Waals surface area contributed by atoms with Crippen LogP contribution in [0.15, 0.2) is 30.3 Å². The number of hydrogen-bond acceptors (Lipinski definition) is 2. The highest BCUT2D eigenvalue weighted by Crippen LogP contribution is 2.18. The van der Waals surface area contributed by atoms with Crippen LogP contribution in [0.1, 0.15) is 37.7 Å². The Balaban J connectivity index is 0.00000162. The summed E-state index contributed by atoms with van der Waals surface area (Å²) in [6.07, 6.45) is 7.51. The first-order valence-electron chi connectivity index (χ1n) is 6.79. The smallest absolute Gasteiger partial charge is 0.0587 e. The Morgan fingerprint density at radius 3 is 2.39 bits per heavy atom. The highest BCUT2D eigenvalue weighted by Gasteiger charge is 2.17. The van der Waals surface area contributed by atoms with Crippen molar-refractivity contribution in [1.29, 1.82) is 0 Å². The third-order valence-corrected chi connectivity index (χ3v) is 3.62. The van der Waals surface area contributed by atoms with Crippen molar-refractivity contribution in [3.05, 3.63) is 35.9 Å². The van der Waals surface area contributed by atoms with Gasteiger partial charge in [-0.15, -0.1) is 12.4 Å². The lowest BCUT2D eigenvalue weighted by molar-refractivity contribution is 0.218. The second-order valence-corrected chi connectivity index (χ2v) is 5.07. The van der Waals surface area contributed by atoms with Crippen molar-refractivity contribution in [3.63, 3.8) is 0 Å². The molecule has 1 aliphatic carbocycles. The molecular formula is C15H24ClNO. The predicted octanol–water partition coefficient (Wildman–Crippen LogP) is 2.93. The minimum atomic E-state index is 0. The van der Waals surface area contributed by atoms with Gasteiger partial charge < -0.3 is 10.4 Å². The molecule has 0 saturated heterocycles. The molecule has 1 atom stereocenters. The van der Waals surface area contributed by atoms with Gasteiger partial charge in [0, 0.05) is 12.1 Å². The molecule has 2 nitrogen and oxygen atoms in total. The molecule has 0 bridgehead atoms. The second-order valence-electron chi connectivity index (χ2n) is 5.07. The van der Waals surface area contributed by atoms with Crippen LogP contribution in [0.3, 0.4) is 0 Å². The van der Waals surface area contributed by atoms with Gasteiger partial charge in [0.1, 0.15) is 0 Å². The van der Waals surface area contributed by atoms with Crippen LogP contribution in [0, 0.1) is 0 Å². The molecule has 1 aliphatic rings. The largest absolute Gasteiger partial charge is 0.395 e. The minimum absolute atomic E-state index is 0. The standard InChI is InChI=1S/C15H23NO.ClH/c17-12-15(11-13-7-3-1-4-8-13)16-14-9-5-2-6-10-14;/h1,3-4,7-8,14-17H,2,5-6,9-12H2;1H/t15-;/m0./s1. The van der Waals surface area contributed by atoms with Gasteiger partial charge in [0.15, 0.2) is 0 Å². The topological polar surface area (TPSA) is 32.3 Å². The van der Waals surface area contributed by atoms with Crippen molar-refractivity contribution < 1.29 is 5.11 Å². The number of hydrogen-bond donors (Lipinski definition) is 2. The number of aliphatic hydroxyl groups is 1. The van der Waals surface area contributed by atoms with E-state index < -0.39 is 0 Å². The summed E-state index contributed by atoms with van der Waals surface area (Å²) in [5, 5.41) is 13.1. The maximum Gasteiger partial charge on any atom is 0.0587 e. The average Bonchev–Trinajstić information content (AvgIpc) is 2.40. The molecule has 2 N–H and O–H groups in total. The molecule has 0 heterocycles. The fraction of sp³-hybridized carbons (Fsp3) is 0.600. The van der Waals surface area contributed by atoms with Crippen LogP contribution in [-0.4, -0.2) is 23.8 Å².